The summed E-state index contributed by atoms with van der Waals surface area (Å²) in [5, 5.41) is 23.1. The van der Waals surface area contributed by atoms with E-state index >= 15 is 0 Å². The Morgan fingerprint density at radius 3 is 0.938 bits per heavy atom. The standard InChI is InChI=1S/C60H115NO3/c1-3-5-7-9-11-13-15-17-18-19-20-21-22-23-24-25-26-27-28-29-30-31-32-33-34-35-36-37-38-39-40-41-42-44-46-48-50-52-54-56-60(64)61-58(57-62)59(63)55-53-51-49-47-45-43-16-14-12-10-8-6-4-2/h15,17,19-20,53,55,58-59,62-63H,3-14,16,18,21-52,54,56-57H2,1-2H3,(H,61,64)/b17-15-,20-19-,55-53+. The predicted octanol–water partition coefficient (Wildman–Crippen LogP) is 19.3. The summed E-state index contributed by atoms with van der Waals surface area (Å²) in [4.78, 5) is 12.4. The van der Waals surface area contributed by atoms with Crippen molar-refractivity contribution in [3.05, 3.63) is 36.5 Å². The van der Waals surface area contributed by atoms with Gasteiger partial charge in [-0.25, -0.2) is 0 Å². The summed E-state index contributed by atoms with van der Waals surface area (Å²) in [5.41, 5.74) is 0. The van der Waals surface area contributed by atoms with Gasteiger partial charge < -0.3 is 15.5 Å². The van der Waals surface area contributed by atoms with Crippen molar-refractivity contribution < 1.29 is 15.0 Å². The van der Waals surface area contributed by atoms with Crippen LogP contribution >= 0.6 is 0 Å². The Balaban J connectivity index is 3.37. The number of nitrogens with one attached hydrogen (secondary N) is 1. The molecule has 64 heavy (non-hydrogen) atoms. The number of allylic oxidation sites excluding steroid dienone is 5. The van der Waals surface area contributed by atoms with Crippen molar-refractivity contribution in [2.75, 3.05) is 6.61 Å². The first-order valence-corrected chi connectivity index (χ1v) is 29.2. The second kappa shape index (κ2) is 55.9. The smallest absolute Gasteiger partial charge is 0.220 e. The summed E-state index contributed by atoms with van der Waals surface area (Å²) in [5.74, 6) is -0.0589. The molecule has 0 aliphatic rings. The molecule has 0 heterocycles. The van der Waals surface area contributed by atoms with Gasteiger partial charge >= 0.3 is 0 Å². The summed E-state index contributed by atoms with van der Waals surface area (Å²) in [6.07, 6.45) is 76.2. The summed E-state index contributed by atoms with van der Waals surface area (Å²) in [6.45, 7) is 4.31. The van der Waals surface area contributed by atoms with Crippen molar-refractivity contribution in [1.82, 2.24) is 5.32 Å². The summed E-state index contributed by atoms with van der Waals surface area (Å²) >= 11 is 0. The Hall–Kier alpha value is -1.39. The summed E-state index contributed by atoms with van der Waals surface area (Å²) < 4.78 is 0. The van der Waals surface area contributed by atoms with Gasteiger partial charge in [-0.3, -0.25) is 4.79 Å². The molecule has 0 rings (SSSR count). The van der Waals surface area contributed by atoms with Crippen molar-refractivity contribution in [2.45, 2.75) is 334 Å². The van der Waals surface area contributed by atoms with Gasteiger partial charge in [0.15, 0.2) is 0 Å². The van der Waals surface area contributed by atoms with E-state index in [0.29, 0.717) is 6.42 Å². The molecule has 0 aliphatic carbocycles. The van der Waals surface area contributed by atoms with Crippen LogP contribution in [0.3, 0.4) is 0 Å². The Morgan fingerprint density at radius 1 is 0.375 bits per heavy atom. The van der Waals surface area contributed by atoms with E-state index in [4.69, 9.17) is 0 Å². The Labute approximate surface area is 402 Å². The van der Waals surface area contributed by atoms with E-state index in [2.05, 4.69) is 43.5 Å². The Bertz CT molecular complexity index is 974. The second-order valence-corrected chi connectivity index (χ2v) is 20.1. The fraction of sp³-hybridized carbons (Fsp3) is 0.883. The highest BCUT2D eigenvalue weighted by Gasteiger charge is 2.18. The number of rotatable bonds is 54. The van der Waals surface area contributed by atoms with Gasteiger partial charge in [0.05, 0.1) is 18.8 Å². The fourth-order valence-corrected chi connectivity index (χ4v) is 9.15. The van der Waals surface area contributed by atoms with Gasteiger partial charge in [0.2, 0.25) is 5.91 Å². The van der Waals surface area contributed by atoms with E-state index in [1.165, 1.54) is 270 Å². The van der Waals surface area contributed by atoms with Crippen LogP contribution in [0.5, 0.6) is 0 Å². The minimum Gasteiger partial charge on any atom is -0.394 e. The van der Waals surface area contributed by atoms with Gasteiger partial charge in [-0.05, 0) is 51.4 Å². The zero-order valence-electron chi connectivity index (χ0n) is 43.6. The molecule has 0 bridgehead atoms. The van der Waals surface area contributed by atoms with Gasteiger partial charge in [0.25, 0.3) is 0 Å². The molecule has 0 saturated heterocycles. The quantitative estimate of drug-likeness (QED) is 0.0421. The second-order valence-electron chi connectivity index (χ2n) is 20.1. The van der Waals surface area contributed by atoms with Crippen LogP contribution in [0, 0.1) is 0 Å². The monoisotopic (exact) mass is 898 g/mol. The maximum atomic E-state index is 12.4. The lowest BCUT2D eigenvalue weighted by molar-refractivity contribution is -0.123. The molecule has 2 atom stereocenters. The molecule has 0 saturated carbocycles. The van der Waals surface area contributed by atoms with Gasteiger partial charge in [-0.15, -0.1) is 0 Å². The molecule has 4 heteroatoms. The van der Waals surface area contributed by atoms with Crippen LogP contribution in [0.2, 0.25) is 0 Å². The SMILES string of the molecule is CCCCCCC/C=C\C/C=C\CCCCCCCCCCCCCCCCCCCCCCCCCCCCCC(=O)NC(CO)C(O)/C=C/CCCCCCCCCCCCC. The zero-order chi connectivity index (χ0) is 46.3. The van der Waals surface area contributed by atoms with Crippen LogP contribution in [-0.4, -0.2) is 34.9 Å². The van der Waals surface area contributed by atoms with Crippen LogP contribution in [0.1, 0.15) is 322 Å². The number of aliphatic hydroxyl groups is 2. The van der Waals surface area contributed by atoms with Crippen molar-refractivity contribution in [3.63, 3.8) is 0 Å². The molecule has 3 N–H and O–H groups in total. The minimum atomic E-state index is -0.836. The molecule has 2 unspecified atom stereocenters. The molecule has 378 valence electrons. The highest BCUT2D eigenvalue weighted by molar-refractivity contribution is 5.76. The van der Waals surface area contributed by atoms with E-state index in [0.717, 1.165) is 32.1 Å². The zero-order valence-corrected chi connectivity index (χ0v) is 43.6. The molecular weight excluding hydrogens is 783 g/mol. The third-order valence-electron chi connectivity index (χ3n) is 13.6. The third-order valence-corrected chi connectivity index (χ3v) is 13.6. The average molecular weight is 899 g/mol. The number of hydrogen-bond donors (Lipinski definition) is 3. The predicted molar refractivity (Wildman–Crippen MR) is 285 cm³/mol. The van der Waals surface area contributed by atoms with Gasteiger partial charge in [-0.1, -0.05) is 301 Å². The Kier molecular flexibility index (Phi) is 54.7. The van der Waals surface area contributed by atoms with Crippen LogP contribution in [-0.2, 0) is 4.79 Å². The molecule has 0 aromatic carbocycles. The molecule has 0 radical (unpaired) electrons. The van der Waals surface area contributed by atoms with Crippen LogP contribution in [0.25, 0.3) is 0 Å². The summed E-state index contributed by atoms with van der Waals surface area (Å²) in [6, 6.07) is -0.619. The van der Waals surface area contributed by atoms with Crippen molar-refractivity contribution in [3.8, 4) is 0 Å². The molecular formula is C60H115NO3. The van der Waals surface area contributed by atoms with E-state index in [1.807, 2.05) is 6.08 Å². The van der Waals surface area contributed by atoms with Crippen molar-refractivity contribution in [2.24, 2.45) is 0 Å². The van der Waals surface area contributed by atoms with Gasteiger partial charge in [-0.2, -0.15) is 0 Å². The highest BCUT2D eigenvalue weighted by atomic mass is 16.3. The molecule has 1 amide bonds. The van der Waals surface area contributed by atoms with E-state index < -0.39 is 12.1 Å². The number of unbranched alkanes of at least 4 members (excludes halogenated alkanes) is 43. The molecule has 0 fully saturated rings. The van der Waals surface area contributed by atoms with Gasteiger partial charge in [0, 0.05) is 6.42 Å². The molecule has 0 aliphatic heterocycles. The number of aliphatic hydroxyl groups excluding tert-OH is 2. The molecule has 0 aromatic rings. The average Bonchev–Trinajstić information content (AvgIpc) is 3.30. The first-order chi connectivity index (χ1) is 31.7. The lowest BCUT2D eigenvalue weighted by Crippen LogP contribution is -2.45. The molecule has 0 aromatic heterocycles. The van der Waals surface area contributed by atoms with Crippen LogP contribution in [0.15, 0.2) is 36.5 Å². The molecule has 4 nitrogen and oxygen atoms in total. The van der Waals surface area contributed by atoms with Crippen molar-refractivity contribution >= 4 is 5.91 Å². The fourth-order valence-electron chi connectivity index (χ4n) is 9.15. The maximum Gasteiger partial charge on any atom is 0.220 e. The topological polar surface area (TPSA) is 69.6 Å². The Morgan fingerprint density at radius 2 is 0.641 bits per heavy atom. The summed E-state index contributed by atoms with van der Waals surface area (Å²) in [7, 11) is 0. The maximum absolute atomic E-state index is 12.4. The molecule has 0 spiro atoms. The lowest BCUT2D eigenvalue weighted by Gasteiger charge is -2.20. The van der Waals surface area contributed by atoms with E-state index in [9.17, 15) is 15.0 Å². The normalized spacial score (nSPS) is 13.0. The third kappa shape index (κ3) is 51.6. The van der Waals surface area contributed by atoms with Gasteiger partial charge in [0.1, 0.15) is 0 Å². The number of carbonyl (C=O) groups excluding carboxylic acids is 1. The number of amides is 1. The lowest BCUT2D eigenvalue weighted by atomic mass is 10.0. The highest BCUT2D eigenvalue weighted by Crippen LogP contribution is 2.18. The van der Waals surface area contributed by atoms with Crippen LogP contribution in [0.4, 0.5) is 0 Å². The van der Waals surface area contributed by atoms with Crippen LogP contribution < -0.4 is 5.32 Å². The first kappa shape index (κ1) is 62.6. The number of carbonyl (C=O) groups is 1. The van der Waals surface area contributed by atoms with E-state index in [1.54, 1.807) is 6.08 Å². The largest absolute Gasteiger partial charge is 0.394 e. The van der Waals surface area contributed by atoms with E-state index in [-0.39, 0.29) is 12.5 Å². The minimum absolute atomic E-state index is 0.0589. The first-order valence-electron chi connectivity index (χ1n) is 29.2. The van der Waals surface area contributed by atoms with Crippen molar-refractivity contribution in [1.29, 1.82) is 0 Å². The number of hydrogen-bond acceptors (Lipinski definition) is 3.